The third-order valence-electron chi connectivity index (χ3n) is 3.45. The van der Waals surface area contributed by atoms with E-state index in [1.54, 1.807) is 12.1 Å². The van der Waals surface area contributed by atoms with Crippen LogP contribution >= 0.6 is 11.8 Å². The quantitative estimate of drug-likeness (QED) is 0.888. The van der Waals surface area contributed by atoms with Crippen LogP contribution in [-0.4, -0.2) is 34.5 Å². The second-order valence-electron chi connectivity index (χ2n) is 4.72. The predicted octanol–water partition coefficient (Wildman–Crippen LogP) is 2.40. The van der Waals surface area contributed by atoms with Gasteiger partial charge in [0, 0.05) is 16.9 Å². The van der Waals surface area contributed by atoms with Gasteiger partial charge in [0.2, 0.25) is 0 Å². The summed E-state index contributed by atoms with van der Waals surface area (Å²) in [5, 5.41) is 12.4. The minimum atomic E-state index is -0.981. The molecule has 0 bridgehead atoms. The van der Waals surface area contributed by atoms with Crippen molar-refractivity contribution >= 4 is 23.6 Å². The van der Waals surface area contributed by atoms with Crippen LogP contribution in [0.4, 0.5) is 0 Å². The molecule has 1 aliphatic rings. The Morgan fingerprint density at radius 2 is 1.84 bits per heavy atom. The van der Waals surface area contributed by atoms with Gasteiger partial charge in [-0.05, 0) is 49.8 Å². The summed E-state index contributed by atoms with van der Waals surface area (Å²) in [6.07, 6.45) is 5.27. The fourth-order valence-electron chi connectivity index (χ4n) is 2.32. The van der Waals surface area contributed by atoms with Gasteiger partial charge in [-0.2, -0.15) is 11.8 Å². The van der Waals surface area contributed by atoms with Gasteiger partial charge in [-0.1, -0.05) is 0 Å². The number of carbonyl (C=O) groups excluding carboxylic acids is 1. The van der Waals surface area contributed by atoms with E-state index >= 15 is 0 Å². The van der Waals surface area contributed by atoms with Gasteiger partial charge >= 0.3 is 5.97 Å². The molecular formula is C14H17NO3S. The molecule has 0 spiro atoms. The van der Waals surface area contributed by atoms with Crippen molar-refractivity contribution < 1.29 is 14.7 Å². The van der Waals surface area contributed by atoms with E-state index in [1.165, 1.54) is 12.1 Å². The van der Waals surface area contributed by atoms with Crippen molar-refractivity contribution in [3.8, 4) is 0 Å². The summed E-state index contributed by atoms with van der Waals surface area (Å²) >= 11 is 1.85. The van der Waals surface area contributed by atoms with Crippen LogP contribution in [-0.2, 0) is 0 Å². The molecule has 2 atom stereocenters. The van der Waals surface area contributed by atoms with Gasteiger partial charge in [0.25, 0.3) is 5.91 Å². The Morgan fingerprint density at radius 1 is 1.21 bits per heavy atom. The molecule has 1 aliphatic carbocycles. The predicted molar refractivity (Wildman–Crippen MR) is 75.8 cm³/mol. The highest BCUT2D eigenvalue weighted by Crippen LogP contribution is 2.28. The first-order chi connectivity index (χ1) is 9.10. The van der Waals surface area contributed by atoms with Crippen molar-refractivity contribution in [3.63, 3.8) is 0 Å². The Bertz CT molecular complexity index is 472. The van der Waals surface area contributed by atoms with Crippen molar-refractivity contribution in [2.24, 2.45) is 0 Å². The number of carboxylic acids is 1. The van der Waals surface area contributed by atoms with Gasteiger partial charge < -0.3 is 10.4 Å². The number of benzene rings is 1. The number of nitrogens with one attached hydrogen (secondary N) is 1. The summed E-state index contributed by atoms with van der Waals surface area (Å²) in [6.45, 7) is 0. The fraction of sp³-hybridized carbons (Fsp3) is 0.429. The molecule has 1 fully saturated rings. The number of carbonyl (C=O) groups is 2. The normalized spacial score (nSPS) is 22.2. The summed E-state index contributed by atoms with van der Waals surface area (Å²) < 4.78 is 0. The van der Waals surface area contributed by atoms with E-state index in [0.717, 1.165) is 19.3 Å². The summed E-state index contributed by atoms with van der Waals surface area (Å²) in [6, 6.07) is 6.26. The zero-order chi connectivity index (χ0) is 13.8. The maximum atomic E-state index is 12.0. The molecule has 1 saturated carbocycles. The highest BCUT2D eigenvalue weighted by molar-refractivity contribution is 7.99. The fourth-order valence-corrected chi connectivity index (χ4v) is 3.11. The molecule has 2 rings (SSSR count). The lowest BCUT2D eigenvalue weighted by Gasteiger charge is -2.12. The number of hydrogen-bond acceptors (Lipinski definition) is 3. The van der Waals surface area contributed by atoms with E-state index in [1.807, 2.05) is 11.8 Å². The molecular weight excluding hydrogens is 262 g/mol. The number of hydrogen-bond donors (Lipinski definition) is 2. The van der Waals surface area contributed by atoms with E-state index in [-0.39, 0.29) is 17.5 Å². The molecule has 0 heterocycles. The van der Waals surface area contributed by atoms with E-state index in [9.17, 15) is 9.59 Å². The highest BCUT2D eigenvalue weighted by Gasteiger charge is 2.25. The maximum absolute atomic E-state index is 12.0. The van der Waals surface area contributed by atoms with Crippen LogP contribution < -0.4 is 5.32 Å². The Balaban J connectivity index is 1.95. The van der Waals surface area contributed by atoms with Crippen molar-refractivity contribution in [1.82, 2.24) is 5.32 Å². The molecule has 5 heteroatoms. The molecule has 2 N–H and O–H groups in total. The summed E-state index contributed by atoms with van der Waals surface area (Å²) in [5.41, 5.74) is 0.706. The van der Waals surface area contributed by atoms with Gasteiger partial charge in [0.05, 0.1) is 5.56 Å². The topological polar surface area (TPSA) is 66.4 Å². The molecule has 1 aromatic rings. The van der Waals surface area contributed by atoms with E-state index in [4.69, 9.17) is 5.11 Å². The number of carboxylic acid groups (broad SMARTS) is 1. The maximum Gasteiger partial charge on any atom is 0.335 e. The van der Waals surface area contributed by atoms with Crippen LogP contribution in [0.1, 0.15) is 40.0 Å². The van der Waals surface area contributed by atoms with Gasteiger partial charge in [-0.3, -0.25) is 4.79 Å². The third-order valence-corrected chi connectivity index (χ3v) is 4.54. The first-order valence-corrected chi connectivity index (χ1v) is 7.56. The third kappa shape index (κ3) is 3.50. The highest BCUT2D eigenvalue weighted by atomic mass is 32.2. The molecule has 4 nitrogen and oxygen atoms in total. The first-order valence-electron chi connectivity index (χ1n) is 6.27. The lowest BCUT2D eigenvalue weighted by atomic mass is 10.1. The van der Waals surface area contributed by atoms with E-state index in [0.29, 0.717) is 10.8 Å². The molecule has 0 saturated heterocycles. The number of aromatic carboxylic acids is 1. The van der Waals surface area contributed by atoms with Crippen molar-refractivity contribution in [3.05, 3.63) is 35.4 Å². The Kier molecular flexibility index (Phi) is 4.47. The van der Waals surface area contributed by atoms with Crippen LogP contribution in [0.15, 0.2) is 24.3 Å². The first kappa shape index (κ1) is 13.9. The number of thioether (sulfide) groups is 1. The summed E-state index contributed by atoms with van der Waals surface area (Å²) in [4.78, 5) is 22.7. The molecule has 0 aromatic heterocycles. The van der Waals surface area contributed by atoms with Gasteiger partial charge in [0.15, 0.2) is 0 Å². The number of rotatable bonds is 4. The molecule has 19 heavy (non-hydrogen) atoms. The summed E-state index contributed by atoms with van der Waals surface area (Å²) in [5.74, 6) is -1.10. The molecule has 0 radical (unpaired) electrons. The van der Waals surface area contributed by atoms with Crippen LogP contribution in [0.25, 0.3) is 0 Å². The Morgan fingerprint density at radius 3 is 2.37 bits per heavy atom. The zero-order valence-corrected chi connectivity index (χ0v) is 11.6. The van der Waals surface area contributed by atoms with Gasteiger partial charge in [-0.15, -0.1) is 0 Å². The van der Waals surface area contributed by atoms with Gasteiger partial charge in [0.1, 0.15) is 0 Å². The largest absolute Gasteiger partial charge is 0.478 e. The van der Waals surface area contributed by atoms with E-state index in [2.05, 4.69) is 11.6 Å². The molecule has 2 unspecified atom stereocenters. The van der Waals surface area contributed by atoms with E-state index < -0.39 is 5.97 Å². The van der Waals surface area contributed by atoms with Crippen LogP contribution in [0, 0.1) is 0 Å². The molecule has 102 valence electrons. The van der Waals surface area contributed by atoms with Crippen LogP contribution in [0.3, 0.4) is 0 Å². The van der Waals surface area contributed by atoms with Crippen LogP contribution in [0.2, 0.25) is 0 Å². The van der Waals surface area contributed by atoms with Crippen molar-refractivity contribution in [1.29, 1.82) is 0 Å². The Hall–Kier alpha value is -1.49. The second kappa shape index (κ2) is 6.10. The average molecular weight is 279 g/mol. The Labute approximate surface area is 116 Å². The van der Waals surface area contributed by atoms with Crippen molar-refractivity contribution in [2.45, 2.75) is 30.6 Å². The molecule has 0 aliphatic heterocycles. The lowest BCUT2D eigenvalue weighted by Crippen LogP contribution is -2.33. The molecule has 1 amide bonds. The second-order valence-corrected chi connectivity index (χ2v) is 5.86. The zero-order valence-electron chi connectivity index (χ0n) is 10.8. The average Bonchev–Trinajstić information content (AvgIpc) is 2.86. The minimum absolute atomic E-state index is 0.122. The smallest absolute Gasteiger partial charge is 0.335 e. The SMILES string of the molecule is CSC1CCC(NC(=O)c2ccc(C(=O)O)cc2)C1. The van der Waals surface area contributed by atoms with Crippen LogP contribution in [0.5, 0.6) is 0 Å². The number of amides is 1. The lowest BCUT2D eigenvalue weighted by molar-refractivity contribution is 0.0696. The van der Waals surface area contributed by atoms with Crippen molar-refractivity contribution in [2.75, 3.05) is 6.26 Å². The monoisotopic (exact) mass is 279 g/mol. The minimum Gasteiger partial charge on any atom is -0.478 e. The van der Waals surface area contributed by atoms with Gasteiger partial charge in [-0.25, -0.2) is 4.79 Å². The standard InChI is InChI=1S/C14H17NO3S/c1-19-12-7-6-11(8-12)15-13(16)9-2-4-10(5-3-9)14(17)18/h2-5,11-12H,6-8H2,1H3,(H,15,16)(H,17,18). The summed E-state index contributed by atoms with van der Waals surface area (Å²) in [7, 11) is 0. The molecule has 1 aromatic carbocycles.